The molecule has 0 aliphatic carbocycles. The zero-order valence-corrected chi connectivity index (χ0v) is 30.6. The molecule has 0 aliphatic rings. The smallest absolute Gasteiger partial charge is 0.135 e. The monoisotopic (exact) mass is 713 g/mol. The number of hydrogen-bond acceptors (Lipinski definition) is 2. The molecule has 2 heteroatoms. The predicted molar refractivity (Wildman–Crippen MR) is 237 cm³/mol. The van der Waals surface area contributed by atoms with Gasteiger partial charge in [0.1, 0.15) is 11.2 Å². The number of benzene rings is 10. The molecular weight excluding hydrogens is 679 g/mol. The van der Waals surface area contributed by atoms with Gasteiger partial charge in [0.05, 0.1) is 0 Å². The van der Waals surface area contributed by atoms with Crippen LogP contribution in [0.3, 0.4) is 0 Å². The molecule has 11 rings (SSSR count). The third kappa shape index (κ3) is 5.34. The highest BCUT2D eigenvalue weighted by Crippen LogP contribution is 2.43. The lowest BCUT2D eigenvalue weighted by Crippen LogP contribution is -2.09. The maximum atomic E-state index is 6.25. The number of anilines is 3. The molecule has 11 aromatic rings. The molecule has 0 aliphatic heterocycles. The van der Waals surface area contributed by atoms with E-state index in [0.29, 0.717) is 0 Å². The van der Waals surface area contributed by atoms with E-state index in [4.69, 9.17) is 4.42 Å². The van der Waals surface area contributed by atoms with Crippen LogP contribution in [0.2, 0.25) is 0 Å². The minimum atomic E-state index is 0.883. The van der Waals surface area contributed by atoms with Gasteiger partial charge >= 0.3 is 0 Å². The molecule has 0 radical (unpaired) electrons. The minimum Gasteiger partial charge on any atom is -0.456 e. The largest absolute Gasteiger partial charge is 0.456 e. The number of para-hydroxylation sites is 1. The van der Waals surface area contributed by atoms with Crippen LogP contribution in [0, 0.1) is 0 Å². The first kappa shape index (κ1) is 32.0. The summed E-state index contributed by atoms with van der Waals surface area (Å²) in [6.45, 7) is 0. The number of nitrogens with zero attached hydrogens (tertiary/aromatic N) is 1. The van der Waals surface area contributed by atoms with Crippen LogP contribution in [0.25, 0.3) is 87.6 Å². The Morgan fingerprint density at radius 1 is 0.286 bits per heavy atom. The summed E-state index contributed by atoms with van der Waals surface area (Å²) < 4.78 is 6.25. The van der Waals surface area contributed by atoms with Crippen molar-refractivity contribution in [2.45, 2.75) is 0 Å². The summed E-state index contributed by atoms with van der Waals surface area (Å²) in [5.74, 6) is 0. The second-order valence-electron chi connectivity index (χ2n) is 14.5. The molecule has 0 unspecified atom stereocenters. The molecule has 0 N–H and O–H groups in total. The van der Waals surface area contributed by atoms with Gasteiger partial charge in [0.25, 0.3) is 0 Å². The fraction of sp³-hybridized carbons (Fsp3) is 0. The van der Waals surface area contributed by atoms with Gasteiger partial charge in [-0.05, 0) is 120 Å². The zero-order valence-electron chi connectivity index (χ0n) is 30.6. The van der Waals surface area contributed by atoms with E-state index in [1.807, 2.05) is 12.1 Å². The second-order valence-corrected chi connectivity index (χ2v) is 14.5. The van der Waals surface area contributed by atoms with Gasteiger partial charge < -0.3 is 9.32 Å². The van der Waals surface area contributed by atoms with Crippen molar-refractivity contribution in [3.8, 4) is 33.4 Å². The Balaban J connectivity index is 1.04. The summed E-state index contributed by atoms with van der Waals surface area (Å²) in [5, 5.41) is 9.85. The van der Waals surface area contributed by atoms with Crippen molar-refractivity contribution in [1.29, 1.82) is 0 Å². The summed E-state index contributed by atoms with van der Waals surface area (Å²) in [5.41, 5.74) is 12.2. The highest BCUT2D eigenvalue weighted by atomic mass is 16.3. The fourth-order valence-corrected chi connectivity index (χ4v) is 8.60. The molecular formula is C54H35NO. The normalized spacial score (nSPS) is 11.6. The molecule has 262 valence electrons. The van der Waals surface area contributed by atoms with Gasteiger partial charge in [-0.15, -0.1) is 0 Å². The van der Waals surface area contributed by atoms with Crippen LogP contribution in [-0.4, -0.2) is 0 Å². The van der Waals surface area contributed by atoms with Crippen LogP contribution >= 0.6 is 0 Å². The van der Waals surface area contributed by atoms with E-state index in [9.17, 15) is 0 Å². The average molecular weight is 714 g/mol. The third-order valence-corrected chi connectivity index (χ3v) is 11.3. The van der Waals surface area contributed by atoms with E-state index in [2.05, 4.69) is 205 Å². The first-order chi connectivity index (χ1) is 27.8. The molecule has 0 saturated carbocycles. The molecule has 0 bridgehead atoms. The minimum absolute atomic E-state index is 0.883. The number of furan rings is 1. The number of rotatable bonds is 6. The van der Waals surface area contributed by atoms with Crippen LogP contribution in [0.15, 0.2) is 217 Å². The lowest BCUT2D eigenvalue weighted by atomic mass is 9.90. The van der Waals surface area contributed by atoms with Crippen LogP contribution < -0.4 is 4.90 Å². The Morgan fingerprint density at radius 2 is 0.804 bits per heavy atom. The van der Waals surface area contributed by atoms with Gasteiger partial charge in [-0.2, -0.15) is 0 Å². The molecule has 1 heterocycles. The van der Waals surface area contributed by atoms with Gasteiger partial charge in [0.2, 0.25) is 0 Å². The fourth-order valence-electron chi connectivity index (χ4n) is 8.60. The van der Waals surface area contributed by atoms with E-state index in [1.54, 1.807) is 0 Å². The lowest BCUT2D eigenvalue weighted by Gasteiger charge is -2.26. The highest BCUT2D eigenvalue weighted by Gasteiger charge is 2.18. The van der Waals surface area contributed by atoms with Crippen LogP contribution in [0.1, 0.15) is 0 Å². The van der Waals surface area contributed by atoms with Crippen LogP contribution in [0.5, 0.6) is 0 Å². The van der Waals surface area contributed by atoms with Crippen molar-refractivity contribution in [2.75, 3.05) is 4.90 Å². The van der Waals surface area contributed by atoms with Crippen molar-refractivity contribution in [1.82, 2.24) is 0 Å². The first-order valence-corrected chi connectivity index (χ1v) is 19.2. The third-order valence-electron chi connectivity index (χ3n) is 11.3. The van der Waals surface area contributed by atoms with E-state index >= 15 is 0 Å². The molecule has 1 aromatic heterocycles. The van der Waals surface area contributed by atoms with Gasteiger partial charge in [-0.3, -0.25) is 0 Å². The maximum absolute atomic E-state index is 6.25. The maximum Gasteiger partial charge on any atom is 0.135 e. The molecule has 0 saturated heterocycles. The SMILES string of the molecule is c1ccc(-c2ccccc2-c2ccc(N(c3ccc(-c4cc5ccc6ccccc6c5c5ccccc45)cc3)c3ccc4oc5ccccc5c4c3)cc2)cc1. The Labute approximate surface area is 325 Å². The van der Waals surface area contributed by atoms with Crippen LogP contribution in [-0.2, 0) is 0 Å². The van der Waals surface area contributed by atoms with E-state index in [-0.39, 0.29) is 0 Å². The molecule has 0 atom stereocenters. The summed E-state index contributed by atoms with van der Waals surface area (Å²) >= 11 is 0. The quantitative estimate of drug-likeness (QED) is 0.160. The van der Waals surface area contributed by atoms with E-state index < -0.39 is 0 Å². The van der Waals surface area contributed by atoms with Gasteiger partial charge in [0, 0.05) is 27.8 Å². The Bertz CT molecular complexity index is 3230. The van der Waals surface area contributed by atoms with E-state index in [0.717, 1.165) is 39.0 Å². The van der Waals surface area contributed by atoms with Crippen molar-refractivity contribution >= 4 is 71.3 Å². The van der Waals surface area contributed by atoms with E-state index in [1.165, 1.54) is 65.7 Å². The van der Waals surface area contributed by atoms with Gasteiger partial charge in [0.15, 0.2) is 0 Å². The molecule has 0 spiro atoms. The molecule has 10 aromatic carbocycles. The zero-order chi connectivity index (χ0) is 37.0. The van der Waals surface area contributed by atoms with Gasteiger partial charge in [-0.1, -0.05) is 158 Å². The van der Waals surface area contributed by atoms with Crippen LogP contribution in [0.4, 0.5) is 17.1 Å². The van der Waals surface area contributed by atoms with Gasteiger partial charge in [-0.25, -0.2) is 0 Å². The Hall–Kier alpha value is -7.42. The topological polar surface area (TPSA) is 16.4 Å². The predicted octanol–water partition coefficient (Wildman–Crippen LogP) is 15.5. The Kier molecular flexibility index (Phi) is 7.53. The first-order valence-electron chi connectivity index (χ1n) is 19.2. The lowest BCUT2D eigenvalue weighted by molar-refractivity contribution is 0.669. The molecule has 2 nitrogen and oxygen atoms in total. The summed E-state index contributed by atoms with van der Waals surface area (Å²) in [7, 11) is 0. The summed E-state index contributed by atoms with van der Waals surface area (Å²) in [6.07, 6.45) is 0. The summed E-state index contributed by atoms with van der Waals surface area (Å²) in [6, 6.07) is 76.5. The summed E-state index contributed by atoms with van der Waals surface area (Å²) in [4.78, 5) is 2.35. The number of fused-ring (bicyclic) bond motifs is 8. The van der Waals surface area contributed by atoms with Crippen molar-refractivity contribution in [3.63, 3.8) is 0 Å². The van der Waals surface area contributed by atoms with Crippen molar-refractivity contribution in [2.24, 2.45) is 0 Å². The number of hydrogen-bond donors (Lipinski definition) is 0. The standard InChI is InChI=1S/C54H35NO/c1-2-12-36(13-3-1)44-15-6-7-16-45(44)38-24-28-41(29-25-38)55(43-32-33-53-51(35-43)48-19-10-11-21-52(48)56-53)42-30-26-39(27-31-42)50-34-40-23-22-37-14-4-5-17-46(37)54(40)49-20-9-8-18-47(49)50/h1-35H. The highest BCUT2D eigenvalue weighted by molar-refractivity contribution is 6.23. The molecule has 56 heavy (non-hydrogen) atoms. The average Bonchev–Trinajstić information content (AvgIpc) is 3.65. The molecule has 0 amide bonds. The molecule has 0 fully saturated rings. The van der Waals surface area contributed by atoms with Crippen molar-refractivity contribution < 1.29 is 4.42 Å². The second kappa shape index (κ2) is 13.2. The van der Waals surface area contributed by atoms with Crippen molar-refractivity contribution in [3.05, 3.63) is 212 Å². The Morgan fingerprint density at radius 3 is 1.54 bits per heavy atom.